The smallest absolute Gasteiger partial charge is 0.317 e. The summed E-state index contributed by atoms with van der Waals surface area (Å²) in [6.07, 6.45) is 2.11. The van der Waals surface area contributed by atoms with Gasteiger partial charge in [-0.15, -0.1) is 6.58 Å². The Morgan fingerprint density at radius 1 is 1.50 bits per heavy atom. The Balaban J connectivity index is 4.56. The molecule has 5 nitrogen and oxygen atoms in total. The summed E-state index contributed by atoms with van der Waals surface area (Å²) in [5.41, 5.74) is -0.924. The highest BCUT2D eigenvalue weighted by molar-refractivity contribution is 5.78. The van der Waals surface area contributed by atoms with Gasteiger partial charge in [0.1, 0.15) is 0 Å². The van der Waals surface area contributed by atoms with Crippen LogP contribution in [0.1, 0.15) is 34.1 Å². The van der Waals surface area contributed by atoms with E-state index in [1.165, 1.54) is 0 Å². The second-order valence-corrected chi connectivity index (χ2v) is 4.91. The summed E-state index contributed by atoms with van der Waals surface area (Å²) in [6, 6.07) is -0.216. The number of hydrogen-bond acceptors (Lipinski definition) is 2. The highest BCUT2D eigenvalue weighted by atomic mass is 16.4. The lowest BCUT2D eigenvalue weighted by Crippen LogP contribution is -2.48. The lowest BCUT2D eigenvalue weighted by Gasteiger charge is -2.29. The van der Waals surface area contributed by atoms with Gasteiger partial charge in [0.2, 0.25) is 0 Å². The zero-order valence-corrected chi connectivity index (χ0v) is 11.7. The SMILES string of the molecule is C=CCN(C(=O)NCC(C)(CC)C(=O)O)C(C)C. The molecule has 0 aromatic heterocycles. The van der Waals surface area contributed by atoms with Crippen LogP contribution < -0.4 is 5.32 Å². The Kier molecular flexibility index (Phi) is 6.44. The van der Waals surface area contributed by atoms with Crippen LogP contribution in [0.25, 0.3) is 0 Å². The number of urea groups is 1. The van der Waals surface area contributed by atoms with Gasteiger partial charge in [-0.05, 0) is 27.2 Å². The van der Waals surface area contributed by atoms with E-state index in [1.54, 1.807) is 24.8 Å². The first-order chi connectivity index (χ1) is 8.28. The molecule has 0 saturated heterocycles. The number of amides is 2. The van der Waals surface area contributed by atoms with Crippen LogP contribution in [0.3, 0.4) is 0 Å². The fourth-order valence-corrected chi connectivity index (χ4v) is 1.39. The van der Waals surface area contributed by atoms with Gasteiger partial charge in [0.05, 0.1) is 5.41 Å². The van der Waals surface area contributed by atoms with Gasteiger partial charge in [-0.2, -0.15) is 0 Å². The Morgan fingerprint density at radius 3 is 2.39 bits per heavy atom. The van der Waals surface area contributed by atoms with Crippen LogP contribution in [-0.2, 0) is 4.79 Å². The van der Waals surface area contributed by atoms with Crippen LogP contribution in [0.15, 0.2) is 12.7 Å². The van der Waals surface area contributed by atoms with E-state index in [9.17, 15) is 9.59 Å². The normalized spacial score (nSPS) is 13.8. The van der Waals surface area contributed by atoms with E-state index >= 15 is 0 Å². The summed E-state index contributed by atoms with van der Waals surface area (Å²) in [5, 5.41) is 11.8. The Hall–Kier alpha value is -1.52. The van der Waals surface area contributed by atoms with Crippen molar-refractivity contribution in [3.8, 4) is 0 Å². The molecular weight excluding hydrogens is 232 g/mol. The van der Waals surface area contributed by atoms with E-state index < -0.39 is 11.4 Å². The van der Waals surface area contributed by atoms with Crippen molar-refractivity contribution in [2.24, 2.45) is 5.41 Å². The second kappa shape index (κ2) is 7.03. The molecule has 0 rings (SSSR count). The predicted octanol–water partition coefficient (Wildman–Crippen LogP) is 2.09. The maximum absolute atomic E-state index is 11.9. The first-order valence-corrected chi connectivity index (χ1v) is 6.17. The molecule has 1 atom stereocenters. The molecule has 0 bridgehead atoms. The molecule has 0 aliphatic heterocycles. The summed E-state index contributed by atoms with van der Waals surface area (Å²) in [4.78, 5) is 24.6. The standard InChI is InChI=1S/C13H24N2O3/c1-6-8-15(10(3)4)12(18)14-9-13(5,7-2)11(16)17/h6,10H,1,7-9H2,2-5H3,(H,14,18)(H,16,17). The van der Waals surface area contributed by atoms with Crippen molar-refractivity contribution in [1.29, 1.82) is 0 Å². The van der Waals surface area contributed by atoms with Crippen LogP contribution in [0, 0.1) is 5.41 Å². The zero-order valence-electron chi connectivity index (χ0n) is 11.7. The average molecular weight is 256 g/mol. The second-order valence-electron chi connectivity index (χ2n) is 4.91. The highest BCUT2D eigenvalue weighted by Gasteiger charge is 2.32. The number of nitrogens with one attached hydrogen (secondary N) is 1. The molecule has 0 fully saturated rings. The molecule has 0 radical (unpaired) electrons. The number of carboxylic acid groups (broad SMARTS) is 1. The zero-order chi connectivity index (χ0) is 14.3. The minimum atomic E-state index is -0.924. The van der Waals surface area contributed by atoms with E-state index in [1.807, 2.05) is 13.8 Å². The number of carboxylic acids is 1. The molecule has 2 amide bonds. The Bertz CT molecular complexity index is 315. The van der Waals surface area contributed by atoms with Gasteiger partial charge in [-0.1, -0.05) is 13.0 Å². The molecule has 0 heterocycles. The molecule has 104 valence electrons. The van der Waals surface area contributed by atoms with Gasteiger partial charge in [-0.25, -0.2) is 4.79 Å². The van der Waals surface area contributed by atoms with Gasteiger partial charge < -0.3 is 15.3 Å². The fourth-order valence-electron chi connectivity index (χ4n) is 1.39. The van der Waals surface area contributed by atoms with Crippen LogP contribution in [0.2, 0.25) is 0 Å². The molecular formula is C13H24N2O3. The largest absolute Gasteiger partial charge is 0.481 e. The average Bonchev–Trinajstić information content (AvgIpc) is 2.31. The van der Waals surface area contributed by atoms with Crippen molar-refractivity contribution >= 4 is 12.0 Å². The van der Waals surface area contributed by atoms with Gasteiger partial charge in [-0.3, -0.25) is 4.79 Å². The van der Waals surface area contributed by atoms with Crippen molar-refractivity contribution in [3.05, 3.63) is 12.7 Å². The van der Waals surface area contributed by atoms with Gasteiger partial charge in [0.15, 0.2) is 0 Å². The van der Waals surface area contributed by atoms with Crippen LogP contribution in [0.4, 0.5) is 4.79 Å². The molecule has 1 unspecified atom stereocenters. The number of carbonyl (C=O) groups excluding carboxylic acids is 1. The van der Waals surface area contributed by atoms with Crippen LogP contribution in [0.5, 0.6) is 0 Å². The third-order valence-electron chi connectivity index (χ3n) is 3.14. The number of aliphatic carboxylic acids is 1. The molecule has 0 aliphatic carbocycles. The van der Waals surface area contributed by atoms with Gasteiger partial charge in [0, 0.05) is 19.1 Å². The lowest BCUT2D eigenvalue weighted by atomic mass is 9.88. The third-order valence-corrected chi connectivity index (χ3v) is 3.14. The van der Waals surface area contributed by atoms with Crippen molar-refractivity contribution in [2.75, 3.05) is 13.1 Å². The highest BCUT2D eigenvalue weighted by Crippen LogP contribution is 2.20. The van der Waals surface area contributed by atoms with E-state index in [2.05, 4.69) is 11.9 Å². The molecule has 18 heavy (non-hydrogen) atoms. The maximum Gasteiger partial charge on any atom is 0.317 e. The third kappa shape index (κ3) is 4.39. The number of nitrogens with zero attached hydrogens (tertiary/aromatic N) is 1. The van der Waals surface area contributed by atoms with E-state index in [-0.39, 0.29) is 18.6 Å². The Morgan fingerprint density at radius 2 is 2.06 bits per heavy atom. The summed E-state index contributed by atoms with van der Waals surface area (Å²) in [6.45, 7) is 11.4. The summed E-state index contributed by atoms with van der Waals surface area (Å²) in [5.74, 6) is -0.898. The van der Waals surface area contributed by atoms with Gasteiger partial charge in [0.25, 0.3) is 0 Å². The van der Waals surface area contributed by atoms with E-state index in [4.69, 9.17) is 5.11 Å². The number of carbonyl (C=O) groups is 2. The van der Waals surface area contributed by atoms with E-state index in [0.29, 0.717) is 13.0 Å². The van der Waals surface area contributed by atoms with Crippen LogP contribution in [-0.4, -0.2) is 41.1 Å². The molecule has 0 aromatic rings. The first kappa shape index (κ1) is 16.5. The molecule has 0 spiro atoms. The topological polar surface area (TPSA) is 69.6 Å². The number of hydrogen-bond donors (Lipinski definition) is 2. The van der Waals surface area contributed by atoms with Crippen LogP contribution >= 0.6 is 0 Å². The van der Waals surface area contributed by atoms with E-state index in [0.717, 1.165) is 0 Å². The fraction of sp³-hybridized carbons (Fsp3) is 0.692. The van der Waals surface area contributed by atoms with Gasteiger partial charge >= 0.3 is 12.0 Å². The van der Waals surface area contributed by atoms with Crippen molar-refractivity contribution in [1.82, 2.24) is 10.2 Å². The molecule has 0 aliphatic rings. The minimum Gasteiger partial charge on any atom is -0.481 e. The maximum atomic E-state index is 11.9. The summed E-state index contributed by atoms with van der Waals surface area (Å²) in [7, 11) is 0. The molecule has 2 N–H and O–H groups in total. The van der Waals surface area contributed by atoms with Crippen molar-refractivity contribution in [2.45, 2.75) is 40.2 Å². The van der Waals surface area contributed by atoms with Crippen molar-refractivity contribution < 1.29 is 14.7 Å². The molecule has 0 aromatic carbocycles. The Labute approximate surface area is 109 Å². The summed E-state index contributed by atoms with van der Waals surface area (Å²) >= 11 is 0. The van der Waals surface area contributed by atoms with Crippen molar-refractivity contribution in [3.63, 3.8) is 0 Å². The number of rotatable bonds is 7. The molecule has 5 heteroatoms. The monoisotopic (exact) mass is 256 g/mol. The minimum absolute atomic E-state index is 0.0423. The lowest BCUT2D eigenvalue weighted by molar-refractivity contribution is -0.147. The molecule has 0 saturated carbocycles. The summed E-state index contributed by atoms with van der Waals surface area (Å²) < 4.78 is 0. The predicted molar refractivity (Wildman–Crippen MR) is 71.5 cm³/mol. The first-order valence-electron chi connectivity index (χ1n) is 6.17. The quantitative estimate of drug-likeness (QED) is 0.685.